The van der Waals surface area contributed by atoms with Crippen molar-refractivity contribution in [1.29, 1.82) is 0 Å². The minimum atomic E-state index is -0.980. The summed E-state index contributed by atoms with van der Waals surface area (Å²) < 4.78 is 1.91. The van der Waals surface area contributed by atoms with Gasteiger partial charge < -0.3 is 14.8 Å². The molecule has 2 N–H and O–H groups in total. The summed E-state index contributed by atoms with van der Waals surface area (Å²) in [5.74, 6) is -1.02. The van der Waals surface area contributed by atoms with Gasteiger partial charge in [-0.2, -0.15) is 0 Å². The van der Waals surface area contributed by atoms with Crippen LogP contribution in [0.2, 0.25) is 0 Å². The molecular formula is C16H19NO4. The topological polar surface area (TPSA) is 79.5 Å². The highest BCUT2D eigenvalue weighted by Crippen LogP contribution is 2.29. The smallest absolute Gasteiger partial charge is 0.336 e. The summed E-state index contributed by atoms with van der Waals surface area (Å²) in [4.78, 5) is 23.2. The quantitative estimate of drug-likeness (QED) is 0.829. The molecule has 2 rings (SSSR count). The second-order valence-electron chi connectivity index (χ2n) is 5.23. The summed E-state index contributed by atoms with van der Waals surface area (Å²) in [6.07, 6.45) is 0.554. The molecule has 1 aromatic heterocycles. The van der Waals surface area contributed by atoms with Crippen LogP contribution in [0.3, 0.4) is 0 Å². The molecule has 0 amide bonds. The molecule has 0 unspecified atom stereocenters. The maximum absolute atomic E-state index is 11.9. The Labute approximate surface area is 122 Å². The summed E-state index contributed by atoms with van der Waals surface area (Å²) in [6, 6.07) is 3.38. The minimum Gasteiger partial charge on any atom is -0.478 e. The Bertz CT molecular complexity index is 728. The van der Waals surface area contributed by atoms with E-state index < -0.39 is 5.97 Å². The van der Waals surface area contributed by atoms with Crippen LogP contribution in [0.15, 0.2) is 12.1 Å². The highest BCUT2D eigenvalue weighted by atomic mass is 16.4. The van der Waals surface area contributed by atoms with E-state index in [1.807, 2.05) is 11.5 Å². The molecule has 0 spiro atoms. The third-order valence-corrected chi connectivity index (χ3v) is 3.79. The number of carboxylic acid groups (broad SMARTS) is 1. The molecule has 5 heteroatoms. The third-order valence-electron chi connectivity index (χ3n) is 3.79. The largest absolute Gasteiger partial charge is 0.478 e. The van der Waals surface area contributed by atoms with Crippen LogP contribution < -0.4 is 0 Å². The van der Waals surface area contributed by atoms with Crippen molar-refractivity contribution in [2.45, 2.75) is 33.7 Å². The van der Waals surface area contributed by atoms with Crippen molar-refractivity contribution in [1.82, 2.24) is 4.57 Å². The molecule has 1 heterocycles. The number of aromatic nitrogens is 1. The molecule has 0 radical (unpaired) electrons. The molecule has 5 nitrogen and oxygen atoms in total. The minimum absolute atomic E-state index is 0.0391. The Balaban J connectivity index is 2.81. The molecular weight excluding hydrogens is 270 g/mol. The van der Waals surface area contributed by atoms with E-state index in [0.29, 0.717) is 24.1 Å². The van der Waals surface area contributed by atoms with Gasteiger partial charge in [0.15, 0.2) is 5.78 Å². The number of benzene rings is 1. The first-order valence-corrected chi connectivity index (χ1v) is 6.87. The van der Waals surface area contributed by atoms with Crippen LogP contribution >= 0.6 is 0 Å². The number of carbonyl (C=O) groups excluding carboxylic acids is 1. The highest BCUT2D eigenvalue weighted by Gasteiger charge is 2.20. The van der Waals surface area contributed by atoms with Crippen LogP contribution in [-0.2, 0) is 6.54 Å². The summed E-state index contributed by atoms with van der Waals surface area (Å²) >= 11 is 0. The van der Waals surface area contributed by atoms with E-state index >= 15 is 0 Å². The summed E-state index contributed by atoms with van der Waals surface area (Å²) in [7, 11) is 0. The number of aromatic carboxylic acids is 1. The van der Waals surface area contributed by atoms with Gasteiger partial charge in [0.2, 0.25) is 0 Å². The van der Waals surface area contributed by atoms with Gasteiger partial charge in [-0.15, -0.1) is 0 Å². The first kappa shape index (κ1) is 15.3. The molecule has 0 saturated heterocycles. The van der Waals surface area contributed by atoms with Gasteiger partial charge in [0.1, 0.15) is 0 Å². The number of hydrogen-bond acceptors (Lipinski definition) is 3. The second kappa shape index (κ2) is 5.69. The maximum Gasteiger partial charge on any atom is 0.336 e. The molecule has 1 aromatic carbocycles. The van der Waals surface area contributed by atoms with Crippen molar-refractivity contribution in [3.8, 4) is 0 Å². The lowest BCUT2D eigenvalue weighted by atomic mass is 10.0. The average molecular weight is 289 g/mol. The number of nitrogens with zero attached hydrogens (tertiary/aromatic N) is 1. The van der Waals surface area contributed by atoms with Crippen molar-refractivity contribution >= 4 is 22.7 Å². The molecule has 0 fully saturated rings. The zero-order chi connectivity index (χ0) is 15.7. The lowest BCUT2D eigenvalue weighted by molar-refractivity contribution is 0.0696. The number of Topliss-reactive ketones (excluding diaryl/α,β-unsaturated/α-hetero) is 1. The lowest BCUT2D eigenvalue weighted by Gasteiger charge is -2.08. The van der Waals surface area contributed by atoms with Gasteiger partial charge >= 0.3 is 5.97 Å². The Kier molecular flexibility index (Phi) is 4.14. The van der Waals surface area contributed by atoms with Gasteiger partial charge in [0, 0.05) is 35.3 Å². The number of aliphatic hydroxyl groups excluding tert-OH is 1. The second-order valence-corrected chi connectivity index (χ2v) is 5.23. The first-order chi connectivity index (χ1) is 9.88. The number of hydrogen-bond donors (Lipinski definition) is 2. The van der Waals surface area contributed by atoms with Crippen molar-refractivity contribution in [3.05, 3.63) is 34.5 Å². The van der Waals surface area contributed by atoms with Crippen LogP contribution in [0, 0.1) is 13.8 Å². The lowest BCUT2D eigenvalue weighted by Crippen LogP contribution is -2.05. The van der Waals surface area contributed by atoms with E-state index in [0.717, 1.165) is 16.6 Å². The van der Waals surface area contributed by atoms with E-state index in [9.17, 15) is 14.7 Å². The van der Waals surface area contributed by atoms with Gasteiger partial charge in [0.05, 0.1) is 5.56 Å². The third kappa shape index (κ3) is 2.56. The molecule has 0 bridgehead atoms. The Hall–Kier alpha value is -2.14. The van der Waals surface area contributed by atoms with Crippen LogP contribution in [0.25, 0.3) is 10.9 Å². The van der Waals surface area contributed by atoms with Gasteiger partial charge in [0.25, 0.3) is 0 Å². The normalized spacial score (nSPS) is 11.0. The van der Waals surface area contributed by atoms with E-state index in [-0.39, 0.29) is 18.0 Å². The Morgan fingerprint density at radius 2 is 1.90 bits per heavy atom. The van der Waals surface area contributed by atoms with E-state index in [4.69, 9.17) is 5.11 Å². The molecule has 112 valence electrons. The van der Waals surface area contributed by atoms with Gasteiger partial charge in [-0.1, -0.05) is 0 Å². The van der Waals surface area contributed by atoms with Crippen LogP contribution in [0.1, 0.15) is 45.3 Å². The predicted octanol–water partition coefficient (Wildman–Crippen LogP) is 2.54. The zero-order valence-corrected chi connectivity index (χ0v) is 12.4. The zero-order valence-electron chi connectivity index (χ0n) is 12.4. The average Bonchev–Trinajstić information content (AvgIpc) is 2.66. The molecule has 0 aliphatic carbocycles. The summed E-state index contributed by atoms with van der Waals surface area (Å²) in [5, 5.41) is 19.1. The van der Waals surface area contributed by atoms with Crippen molar-refractivity contribution < 1.29 is 19.8 Å². The Morgan fingerprint density at radius 1 is 1.24 bits per heavy atom. The number of fused-ring (bicyclic) bond motifs is 1. The van der Waals surface area contributed by atoms with Gasteiger partial charge in [-0.3, -0.25) is 4.79 Å². The standard InChI is InChI=1S/C16H19NO4/c1-9-7-13-14(8-12(9)16(20)21)17(5-4-6-18)10(2)15(13)11(3)19/h7-8,18H,4-6H2,1-3H3,(H,20,21). The molecule has 2 aromatic rings. The van der Waals surface area contributed by atoms with Gasteiger partial charge in [-0.25, -0.2) is 4.79 Å². The fourth-order valence-electron chi connectivity index (χ4n) is 2.82. The summed E-state index contributed by atoms with van der Waals surface area (Å²) in [5.41, 5.74) is 3.04. The van der Waals surface area contributed by atoms with Crippen LogP contribution in [0.4, 0.5) is 0 Å². The summed E-state index contributed by atoms with van der Waals surface area (Å²) in [6.45, 7) is 5.69. The molecule has 0 aliphatic heterocycles. The van der Waals surface area contributed by atoms with Crippen LogP contribution in [-0.4, -0.2) is 33.1 Å². The first-order valence-electron chi connectivity index (χ1n) is 6.87. The van der Waals surface area contributed by atoms with E-state index in [1.165, 1.54) is 6.92 Å². The monoisotopic (exact) mass is 289 g/mol. The fraction of sp³-hybridized carbons (Fsp3) is 0.375. The van der Waals surface area contributed by atoms with E-state index in [2.05, 4.69) is 0 Å². The molecule has 0 aliphatic rings. The van der Waals surface area contributed by atoms with Crippen molar-refractivity contribution in [2.24, 2.45) is 0 Å². The maximum atomic E-state index is 11.9. The van der Waals surface area contributed by atoms with Gasteiger partial charge in [-0.05, 0) is 44.9 Å². The molecule has 0 atom stereocenters. The SMILES string of the molecule is CC(=O)c1c(C)n(CCCO)c2cc(C(=O)O)c(C)cc12. The highest BCUT2D eigenvalue weighted by molar-refractivity contribution is 6.10. The van der Waals surface area contributed by atoms with Crippen LogP contribution in [0.5, 0.6) is 0 Å². The van der Waals surface area contributed by atoms with E-state index in [1.54, 1.807) is 19.1 Å². The van der Waals surface area contributed by atoms with Crippen molar-refractivity contribution in [2.75, 3.05) is 6.61 Å². The number of ketones is 1. The number of aryl methyl sites for hydroxylation is 2. The number of aliphatic hydroxyl groups is 1. The Morgan fingerprint density at radius 3 is 2.43 bits per heavy atom. The number of rotatable bonds is 5. The predicted molar refractivity (Wildman–Crippen MR) is 80.1 cm³/mol. The fourth-order valence-corrected chi connectivity index (χ4v) is 2.82. The molecule has 21 heavy (non-hydrogen) atoms. The number of carbonyl (C=O) groups is 2. The van der Waals surface area contributed by atoms with Crippen molar-refractivity contribution in [3.63, 3.8) is 0 Å². The number of carboxylic acids is 1. The molecule has 0 saturated carbocycles.